The molecular weight excluding hydrogens is 363 g/mol. The Morgan fingerprint density at radius 3 is 2.96 bits per heavy atom. The van der Waals surface area contributed by atoms with Gasteiger partial charge in [0, 0.05) is 30.5 Å². The summed E-state index contributed by atoms with van der Waals surface area (Å²) in [5.41, 5.74) is 0.516. The van der Waals surface area contributed by atoms with Crippen LogP contribution in [0.5, 0.6) is 0 Å². The number of carbonyl (C=O) groups is 2. The van der Waals surface area contributed by atoms with Crippen LogP contribution in [-0.4, -0.2) is 48.1 Å². The Hall–Kier alpha value is -2.67. The van der Waals surface area contributed by atoms with Gasteiger partial charge in [-0.25, -0.2) is 4.39 Å². The summed E-state index contributed by atoms with van der Waals surface area (Å²) in [4.78, 5) is 26.9. The second kappa shape index (κ2) is 6.44. The minimum atomic E-state index is -0.416. The molecule has 5 rings (SSSR count). The van der Waals surface area contributed by atoms with Gasteiger partial charge in [0.15, 0.2) is 0 Å². The fourth-order valence-corrected chi connectivity index (χ4v) is 5.13. The molecule has 0 radical (unpaired) electrons. The van der Waals surface area contributed by atoms with Gasteiger partial charge in [0.1, 0.15) is 12.1 Å². The Kier molecular flexibility index (Phi) is 4.01. The Morgan fingerprint density at radius 2 is 2.18 bits per heavy atom. The van der Waals surface area contributed by atoms with E-state index in [-0.39, 0.29) is 35.4 Å². The van der Waals surface area contributed by atoms with E-state index in [1.165, 1.54) is 24.7 Å². The van der Waals surface area contributed by atoms with Gasteiger partial charge in [-0.05, 0) is 37.1 Å². The van der Waals surface area contributed by atoms with Crippen LogP contribution in [0, 0.1) is 17.7 Å². The highest BCUT2D eigenvalue weighted by molar-refractivity contribution is 5.94. The minimum absolute atomic E-state index is 0.112. The minimum Gasteiger partial charge on any atom is -0.472 e. The van der Waals surface area contributed by atoms with Crippen molar-refractivity contribution >= 4 is 11.8 Å². The van der Waals surface area contributed by atoms with E-state index in [0.29, 0.717) is 30.8 Å². The van der Waals surface area contributed by atoms with Gasteiger partial charge < -0.3 is 19.4 Å². The molecule has 4 heterocycles. The normalized spacial score (nSPS) is 30.5. The number of hydrogen-bond acceptors (Lipinski definition) is 4. The number of ether oxygens (including phenoxy) is 1. The van der Waals surface area contributed by atoms with Crippen molar-refractivity contribution in [2.45, 2.75) is 24.5 Å². The van der Waals surface area contributed by atoms with Gasteiger partial charge in [-0.1, -0.05) is 6.07 Å². The van der Waals surface area contributed by atoms with E-state index in [1.54, 1.807) is 23.1 Å². The van der Waals surface area contributed by atoms with E-state index in [1.807, 2.05) is 0 Å². The lowest BCUT2D eigenvalue weighted by atomic mass is 9.73. The van der Waals surface area contributed by atoms with Gasteiger partial charge in [-0.15, -0.1) is 0 Å². The van der Waals surface area contributed by atoms with E-state index in [9.17, 15) is 14.0 Å². The van der Waals surface area contributed by atoms with Gasteiger partial charge in [-0.3, -0.25) is 9.59 Å². The molecule has 6 nitrogen and oxygen atoms in total. The molecular formula is C21H21FN2O4. The Labute approximate surface area is 161 Å². The quantitative estimate of drug-likeness (QED) is 0.879. The number of hydrogen-bond donors (Lipinski definition) is 1. The van der Waals surface area contributed by atoms with Crippen molar-refractivity contribution < 1.29 is 23.1 Å². The van der Waals surface area contributed by atoms with E-state index in [2.05, 4.69) is 5.32 Å². The SMILES string of the molecule is O=C(NC[C@H]1[C@H]2CN(C(=O)c3cccc(F)c3)C[C@]23CC[C@H]1O3)c1ccoc1. The summed E-state index contributed by atoms with van der Waals surface area (Å²) in [7, 11) is 0. The number of furan rings is 1. The third kappa shape index (κ3) is 2.73. The van der Waals surface area contributed by atoms with Crippen LogP contribution in [0.2, 0.25) is 0 Å². The Morgan fingerprint density at radius 1 is 1.29 bits per heavy atom. The molecule has 3 aliphatic rings. The number of likely N-dealkylation sites (tertiary alicyclic amines) is 1. The van der Waals surface area contributed by atoms with Crippen molar-refractivity contribution in [1.82, 2.24) is 10.2 Å². The lowest BCUT2D eigenvalue weighted by Crippen LogP contribution is -2.41. The maximum absolute atomic E-state index is 13.5. The third-order valence-electron chi connectivity index (χ3n) is 6.42. The van der Waals surface area contributed by atoms with Gasteiger partial charge in [-0.2, -0.15) is 0 Å². The molecule has 4 atom stereocenters. The fraction of sp³-hybridized carbons (Fsp3) is 0.429. The zero-order chi connectivity index (χ0) is 19.3. The smallest absolute Gasteiger partial charge is 0.254 e. The lowest BCUT2D eigenvalue weighted by Gasteiger charge is -2.29. The lowest BCUT2D eigenvalue weighted by molar-refractivity contribution is 0.00317. The molecule has 2 amide bonds. The molecule has 2 aromatic rings. The number of rotatable bonds is 4. The Bertz CT molecular complexity index is 915. The van der Waals surface area contributed by atoms with Gasteiger partial charge >= 0.3 is 0 Å². The number of halogens is 1. The predicted molar refractivity (Wildman–Crippen MR) is 97.2 cm³/mol. The number of carbonyl (C=O) groups excluding carboxylic acids is 2. The zero-order valence-electron chi connectivity index (χ0n) is 15.3. The maximum atomic E-state index is 13.5. The van der Waals surface area contributed by atoms with Crippen LogP contribution in [0.3, 0.4) is 0 Å². The average Bonchev–Trinajstić information content (AvgIpc) is 3.46. The van der Waals surface area contributed by atoms with Crippen LogP contribution in [0.1, 0.15) is 33.6 Å². The maximum Gasteiger partial charge on any atom is 0.254 e. The molecule has 1 spiro atoms. The molecule has 1 N–H and O–H groups in total. The molecule has 3 fully saturated rings. The topological polar surface area (TPSA) is 71.8 Å². The molecule has 1 aromatic carbocycles. The second-order valence-corrected chi connectivity index (χ2v) is 7.95. The van der Waals surface area contributed by atoms with Crippen molar-refractivity contribution in [3.05, 3.63) is 59.8 Å². The van der Waals surface area contributed by atoms with Crippen LogP contribution in [0.4, 0.5) is 4.39 Å². The molecule has 0 saturated carbocycles. The van der Waals surface area contributed by atoms with Crippen LogP contribution < -0.4 is 5.32 Å². The molecule has 1 aromatic heterocycles. The first-order valence-electron chi connectivity index (χ1n) is 9.59. The summed E-state index contributed by atoms with van der Waals surface area (Å²) >= 11 is 0. The zero-order valence-corrected chi connectivity index (χ0v) is 15.3. The number of fused-ring (bicyclic) bond motifs is 1. The highest BCUT2D eigenvalue weighted by atomic mass is 19.1. The van der Waals surface area contributed by atoms with Crippen LogP contribution in [-0.2, 0) is 4.74 Å². The first-order valence-corrected chi connectivity index (χ1v) is 9.59. The van der Waals surface area contributed by atoms with Crippen molar-refractivity contribution in [2.75, 3.05) is 19.6 Å². The van der Waals surface area contributed by atoms with Crippen molar-refractivity contribution in [2.24, 2.45) is 11.8 Å². The van der Waals surface area contributed by atoms with Crippen LogP contribution in [0.15, 0.2) is 47.3 Å². The second-order valence-electron chi connectivity index (χ2n) is 7.95. The predicted octanol–water partition coefficient (Wildman–Crippen LogP) is 2.47. The summed E-state index contributed by atoms with van der Waals surface area (Å²) in [5.74, 6) is -0.420. The average molecular weight is 384 g/mol. The van der Waals surface area contributed by atoms with E-state index >= 15 is 0 Å². The van der Waals surface area contributed by atoms with Crippen LogP contribution >= 0.6 is 0 Å². The molecule has 3 saturated heterocycles. The number of amides is 2. The summed E-state index contributed by atoms with van der Waals surface area (Å²) in [6.45, 7) is 1.59. The van der Waals surface area contributed by atoms with E-state index in [4.69, 9.17) is 9.15 Å². The van der Waals surface area contributed by atoms with Gasteiger partial charge in [0.25, 0.3) is 11.8 Å². The first kappa shape index (κ1) is 17.4. The molecule has 2 bridgehead atoms. The molecule has 7 heteroatoms. The summed E-state index contributed by atoms with van der Waals surface area (Å²) in [5, 5.41) is 2.97. The number of nitrogens with zero attached hydrogens (tertiary/aromatic N) is 1. The monoisotopic (exact) mass is 384 g/mol. The molecule has 146 valence electrons. The highest BCUT2D eigenvalue weighted by Gasteiger charge is 2.63. The molecule has 0 unspecified atom stereocenters. The number of nitrogens with one attached hydrogen (secondary N) is 1. The van der Waals surface area contributed by atoms with E-state index in [0.717, 1.165) is 12.8 Å². The first-order chi connectivity index (χ1) is 13.6. The number of benzene rings is 1. The van der Waals surface area contributed by atoms with E-state index < -0.39 is 5.82 Å². The van der Waals surface area contributed by atoms with Gasteiger partial charge in [0.2, 0.25) is 0 Å². The van der Waals surface area contributed by atoms with Crippen molar-refractivity contribution in [3.63, 3.8) is 0 Å². The van der Waals surface area contributed by atoms with Crippen molar-refractivity contribution in [3.8, 4) is 0 Å². The van der Waals surface area contributed by atoms with Crippen molar-refractivity contribution in [1.29, 1.82) is 0 Å². The highest BCUT2D eigenvalue weighted by Crippen LogP contribution is 2.54. The van der Waals surface area contributed by atoms with Gasteiger partial charge in [0.05, 0.1) is 30.1 Å². The molecule has 0 aliphatic carbocycles. The van der Waals surface area contributed by atoms with Crippen LogP contribution in [0.25, 0.3) is 0 Å². The molecule has 28 heavy (non-hydrogen) atoms. The summed E-state index contributed by atoms with van der Waals surface area (Å²) in [6, 6.07) is 7.42. The standard InChI is InChI=1S/C21H21FN2O4/c22-15-3-1-2-13(8-15)20(26)24-10-17-16(18-4-6-21(17,12-24)28-18)9-23-19(25)14-5-7-27-11-14/h1-3,5,7-8,11,16-18H,4,6,9-10,12H2,(H,23,25)/t16-,17+,18+,21+/m0/s1. The largest absolute Gasteiger partial charge is 0.472 e. The molecule has 3 aliphatic heterocycles. The summed E-state index contributed by atoms with van der Waals surface area (Å²) in [6.07, 6.45) is 4.85. The fourth-order valence-electron chi connectivity index (χ4n) is 5.13. The Balaban J connectivity index is 1.29. The third-order valence-corrected chi connectivity index (χ3v) is 6.42. The summed E-state index contributed by atoms with van der Waals surface area (Å²) < 4.78 is 24.8.